The van der Waals surface area contributed by atoms with Crippen LogP contribution in [0.5, 0.6) is 0 Å². The second-order valence-electron chi connectivity index (χ2n) is 5.60. The van der Waals surface area contributed by atoms with Crippen molar-refractivity contribution in [2.75, 3.05) is 19.7 Å². The predicted octanol–water partition coefficient (Wildman–Crippen LogP) is 1.66. The number of nitrogens with zero attached hydrogens (tertiary/aromatic N) is 1. The maximum Gasteiger partial charge on any atom is 0.334 e. The van der Waals surface area contributed by atoms with Crippen LogP contribution in [0.15, 0.2) is 0 Å². The molecule has 2 fully saturated rings. The molecule has 1 aliphatic heterocycles. The molecule has 0 radical (unpaired) electrons. The highest BCUT2D eigenvalue weighted by atomic mass is 16.5. The highest BCUT2D eigenvalue weighted by Crippen LogP contribution is 2.26. The fraction of sp³-hybridized carbons (Fsp3) is 0.857. The minimum absolute atomic E-state index is 0.0986. The monoisotopic (exact) mass is 269 g/mol. The Kier molecular flexibility index (Phi) is 5.19. The summed E-state index contributed by atoms with van der Waals surface area (Å²) in [4.78, 5) is 24.8. The third-order valence-electron chi connectivity index (χ3n) is 4.13. The summed E-state index contributed by atoms with van der Waals surface area (Å²) < 4.78 is 5.14. The minimum Gasteiger partial charge on any atom is -0.479 e. The number of carboxylic acid groups (broad SMARTS) is 1. The number of hydrogen-bond acceptors (Lipinski definition) is 3. The summed E-state index contributed by atoms with van der Waals surface area (Å²) in [5.74, 6) is -0.394. The SMILES string of the molecule is O=C(O)C1CN(C(=O)CC2CCCCCC2)CCO1. The van der Waals surface area contributed by atoms with Crippen LogP contribution in [0.2, 0.25) is 0 Å². The van der Waals surface area contributed by atoms with E-state index in [1.165, 1.54) is 25.7 Å². The summed E-state index contributed by atoms with van der Waals surface area (Å²) in [7, 11) is 0. The summed E-state index contributed by atoms with van der Waals surface area (Å²) in [6.45, 7) is 1.05. The summed E-state index contributed by atoms with van der Waals surface area (Å²) in [5, 5.41) is 8.93. The molecule has 1 aliphatic carbocycles. The van der Waals surface area contributed by atoms with Gasteiger partial charge in [-0.1, -0.05) is 25.7 Å². The van der Waals surface area contributed by atoms with Crippen molar-refractivity contribution in [1.82, 2.24) is 4.90 Å². The number of carbonyl (C=O) groups is 2. The van der Waals surface area contributed by atoms with E-state index in [2.05, 4.69) is 0 Å². The van der Waals surface area contributed by atoms with Gasteiger partial charge in [0.1, 0.15) is 0 Å². The van der Waals surface area contributed by atoms with Crippen LogP contribution in [-0.2, 0) is 14.3 Å². The van der Waals surface area contributed by atoms with Crippen molar-refractivity contribution < 1.29 is 19.4 Å². The van der Waals surface area contributed by atoms with Crippen LogP contribution in [0, 0.1) is 5.92 Å². The van der Waals surface area contributed by atoms with Gasteiger partial charge in [-0.05, 0) is 18.8 Å². The number of amides is 1. The first kappa shape index (κ1) is 14.3. The third kappa shape index (κ3) is 4.20. The second-order valence-corrected chi connectivity index (χ2v) is 5.60. The smallest absolute Gasteiger partial charge is 0.334 e. The fourth-order valence-electron chi connectivity index (χ4n) is 2.97. The standard InChI is InChI=1S/C14H23NO4/c16-13(9-11-5-3-1-2-4-6-11)15-7-8-19-12(10-15)14(17)18/h11-12H,1-10H2,(H,17,18). The van der Waals surface area contributed by atoms with Crippen molar-refractivity contribution in [3.63, 3.8) is 0 Å². The fourth-order valence-corrected chi connectivity index (χ4v) is 2.97. The minimum atomic E-state index is -0.980. The molecule has 108 valence electrons. The Morgan fingerprint density at radius 3 is 2.47 bits per heavy atom. The average molecular weight is 269 g/mol. The second kappa shape index (κ2) is 6.89. The zero-order valence-corrected chi connectivity index (χ0v) is 11.3. The van der Waals surface area contributed by atoms with Gasteiger partial charge < -0.3 is 14.7 Å². The first-order chi connectivity index (χ1) is 9.16. The van der Waals surface area contributed by atoms with Crippen LogP contribution in [0.25, 0.3) is 0 Å². The Bertz CT molecular complexity index is 323. The Hall–Kier alpha value is -1.10. The van der Waals surface area contributed by atoms with Gasteiger partial charge in [0.2, 0.25) is 5.91 Å². The van der Waals surface area contributed by atoms with E-state index in [-0.39, 0.29) is 12.5 Å². The van der Waals surface area contributed by atoms with Crippen LogP contribution in [0.3, 0.4) is 0 Å². The van der Waals surface area contributed by atoms with E-state index in [1.54, 1.807) is 4.90 Å². The number of morpholine rings is 1. The van der Waals surface area contributed by atoms with Gasteiger partial charge in [-0.2, -0.15) is 0 Å². The summed E-state index contributed by atoms with van der Waals surface area (Å²) in [6, 6.07) is 0. The maximum atomic E-state index is 12.2. The number of aliphatic carboxylic acids is 1. The van der Waals surface area contributed by atoms with Crippen LogP contribution in [0.1, 0.15) is 44.9 Å². The number of rotatable bonds is 3. The van der Waals surface area contributed by atoms with Crippen LogP contribution >= 0.6 is 0 Å². The lowest BCUT2D eigenvalue weighted by molar-refractivity contribution is -0.159. The Morgan fingerprint density at radius 2 is 1.84 bits per heavy atom. The molecule has 2 aliphatic rings. The predicted molar refractivity (Wildman–Crippen MR) is 69.8 cm³/mol. The van der Waals surface area contributed by atoms with E-state index in [0.29, 0.717) is 25.5 Å². The van der Waals surface area contributed by atoms with E-state index >= 15 is 0 Å². The lowest BCUT2D eigenvalue weighted by Crippen LogP contribution is -2.48. The maximum absolute atomic E-state index is 12.2. The zero-order valence-electron chi connectivity index (χ0n) is 11.3. The Labute approximate surface area is 113 Å². The highest BCUT2D eigenvalue weighted by Gasteiger charge is 2.29. The van der Waals surface area contributed by atoms with Gasteiger partial charge in [0.15, 0.2) is 6.10 Å². The molecule has 0 aromatic carbocycles. The number of ether oxygens (including phenoxy) is 1. The zero-order chi connectivity index (χ0) is 13.7. The molecule has 0 bridgehead atoms. The van der Waals surface area contributed by atoms with Gasteiger partial charge in [0.25, 0.3) is 0 Å². The molecule has 1 atom stereocenters. The van der Waals surface area contributed by atoms with Crippen LogP contribution in [0.4, 0.5) is 0 Å². The van der Waals surface area contributed by atoms with Crippen molar-refractivity contribution in [3.8, 4) is 0 Å². The largest absolute Gasteiger partial charge is 0.479 e. The van der Waals surface area contributed by atoms with E-state index < -0.39 is 12.1 Å². The molecule has 1 N–H and O–H groups in total. The lowest BCUT2D eigenvalue weighted by Gasteiger charge is -2.31. The first-order valence-electron chi connectivity index (χ1n) is 7.29. The summed E-state index contributed by atoms with van der Waals surface area (Å²) in [6.07, 6.45) is 7.00. The van der Waals surface area contributed by atoms with E-state index in [1.807, 2.05) is 0 Å². The van der Waals surface area contributed by atoms with Crippen LogP contribution in [-0.4, -0.2) is 47.7 Å². The van der Waals surface area contributed by atoms with E-state index in [9.17, 15) is 9.59 Å². The van der Waals surface area contributed by atoms with Crippen molar-refractivity contribution in [2.45, 2.75) is 51.0 Å². The molecule has 0 aromatic heterocycles. The molecule has 0 spiro atoms. The molecule has 19 heavy (non-hydrogen) atoms. The van der Waals surface area contributed by atoms with E-state index in [0.717, 1.165) is 12.8 Å². The van der Waals surface area contributed by atoms with Gasteiger partial charge in [0, 0.05) is 13.0 Å². The summed E-state index contributed by atoms with van der Waals surface area (Å²) >= 11 is 0. The number of carbonyl (C=O) groups excluding carboxylic acids is 1. The average Bonchev–Trinajstić information content (AvgIpc) is 2.67. The van der Waals surface area contributed by atoms with Gasteiger partial charge >= 0.3 is 5.97 Å². The molecule has 2 rings (SSSR count). The highest BCUT2D eigenvalue weighted by molar-refractivity contribution is 5.78. The molecule has 0 aromatic rings. The van der Waals surface area contributed by atoms with Gasteiger partial charge in [0.05, 0.1) is 13.2 Å². The van der Waals surface area contributed by atoms with Gasteiger partial charge in [-0.3, -0.25) is 4.79 Å². The molecule has 1 saturated carbocycles. The van der Waals surface area contributed by atoms with Gasteiger partial charge in [-0.15, -0.1) is 0 Å². The Balaban J connectivity index is 1.83. The molecular weight excluding hydrogens is 246 g/mol. The molecule has 1 heterocycles. The van der Waals surface area contributed by atoms with Crippen molar-refractivity contribution in [1.29, 1.82) is 0 Å². The Morgan fingerprint density at radius 1 is 1.16 bits per heavy atom. The van der Waals surface area contributed by atoms with Gasteiger partial charge in [-0.25, -0.2) is 4.79 Å². The molecule has 5 heteroatoms. The van der Waals surface area contributed by atoms with Crippen molar-refractivity contribution in [3.05, 3.63) is 0 Å². The molecule has 1 amide bonds. The molecule has 1 unspecified atom stereocenters. The summed E-state index contributed by atoms with van der Waals surface area (Å²) in [5.41, 5.74) is 0. The van der Waals surface area contributed by atoms with Crippen molar-refractivity contribution in [2.24, 2.45) is 5.92 Å². The third-order valence-corrected chi connectivity index (χ3v) is 4.13. The molecule has 5 nitrogen and oxygen atoms in total. The number of carboxylic acids is 1. The molecule has 1 saturated heterocycles. The lowest BCUT2D eigenvalue weighted by atomic mass is 9.96. The first-order valence-corrected chi connectivity index (χ1v) is 7.29. The van der Waals surface area contributed by atoms with E-state index in [4.69, 9.17) is 9.84 Å². The van der Waals surface area contributed by atoms with Crippen LogP contribution < -0.4 is 0 Å². The normalized spacial score (nSPS) is 25.9. The molecular formula is C14H23NO4. The topological polar surface area (TPSA) is 66.8 Å². The quantitative estimate of drug-likeness (QED) is 0.791. The van der Waals surface area contributed by atoms with Crippen molar-refractivity contribution >= 4 is 11.9 Å². The number of hydrogen-bond donors (Lipinski definition) is 1.